The van der Waals surface area contributed by atoms with Crippen LogP contribution in [0.3, 0.4) is 0 Å². The number of fused-ring (bicyclic) bond motifs is 10. The SMILES string of the molecule is Cc1cc(C)c(-c2ccc3c(c2)c2ccc(-c4c(C)cc(C)cc4C)c4c2n3-c2cc3c(c(C#N)c2C4(F)F)C(F)(F)c2c(-c4c(C)cc(C)cc4C)ccc4c5cc(-c6c(C)cc(C)cc6C)ccc5n-3c24)c(C)c1. The van der Waals surface area contributed by atoms with Crippen LogP contribution in [0.15, 0.2) is 115 Å². The highest BCUT2D eigenvalue weighted by Crippen LogP contribution is 2.60. The number of rotatable bonds is 4. The number of alkyl halides is 4. The Kier molecular flexibility index (Phi) is 9.94. The van der Waals surface area contributed by atoms with Crippen LogP contribution in [0.25, 0.3) is 99.5 Å². The second-order valence-electron chi connectivity index (χ2n) is 22.3. The molecule has 76 heavy (non-hydrogen) atoms. The summed E-state index contributed by atoms with van der Waals surface area (Å²) in [7, 11) is 0. The molecular formula is C69H55F4N3. The minimum absolute atomic E-state index is 0.00380. The van der Waals surface area contributed by atoms with E-state index in [9.17, 15) is 5.26 Å². The first-order valence-corrected chi connectivity index (χ1v) is 26.1. The Labute approximate surface area is 440 Å². The molecule has 7 heteroatoms. The Hall–Kier alpha value is -8.21. The third-order valence-corrected chi connectivity index (χ3v) is 16.8. The maximum Gasteiger partial charge on any atom is 0.304 e. The summed E-state index contributed by atoms with van der Waals surface area (Å²) in [6, 6.07) is 39.7. The van der Waals surface area contributed by atoms with Gasteiger partial charge < -0.3 is 9.13 Å². The molecule has 0 radical (unpaired) electrons. The van der Waals surface area contributed by atoms with Crippen LogP contribution in [-0.2, 0) is 11.8 Å². The van der Waals surface area contributed by atoms with Crippen LogP contribution in [0.1, 0.15) is 94.6 Å². The van der Waals surface area contributed by atoms with Gasteiger partial charge >= 0.3 is 11.8 Å². The first kappa shape index (κ1) is 47.5. The molecular weight excluding hydrogens is 947 g/mol. The number of benzene rings is 9. The summed E-state index contributed by atoms with van der Waals surface area (Å²) >= 11 is 0. The number of hydrogen-bond donors (Lipinski definition) is 0. The van der Waals surface area contributed by atoms with Gasteiger partial charge in [0.1, 0.15) is 6.07 Å². The van der Waals surface area contributed by atoms with Gasteiger partial charge in [-0.3, -0.25) is 0 Å². The van der Waals surface area contributed by atoms with Crippen molar-refractivity contribution in [2.75, 3.05) is 0 Å². The average molecular weight is 1000 g/mol. The fraction of sp³-hybridized carbons (Fsp3) is 0.203. The van der Waals surface area contributed by atoms with E-state index in [0.29, 0.717) is 44.1 Å². The lowest BCUT2D eigenvalue weighted by Crippen LogP contribution is -2.32. The molecule has 374 valence electrons. The van der Waals surface area contributed by atoms with Crippen molar-refractivity contribution in [3.05, 3.63) is 210 Å². The van der Waals surface area contributed by atoms with Gasteiger partial charge in [0, 0.05) is 21.5 Å². The van der Waals surface area contributed by atoms with Crippen LogP contribution in [0.5, 0.6) is 0 Å². The third kappa shape index (κ3) is 6.27. The molecule has 3 nitrogen and oxygen atoms in total. The minimum Gasteiger partial charge on any atom is -0.308 e. The summed E-state index contributed by atoms with van der Waals surface area (Å²) in [6.45, 7) is 24.2. The monoisotopic (exact) mass is 1000 g/mol. The number of hydrogen-bond acceptors (Lipinski definition) is 1. The number of nitrogens with zero attached hydrogens (tertiary/aromatic N) is 3. The standard InChI is InChI=1S/C69H55F4N3/c1-33-21-37(5)58(38(6)22-33)45-13-19-54-51(29-45)47-15-17-49(60-41(9)25-35(3)26-42(60)10)64-66(47)75(54)56-31-57-63(53(32-74)62(56)68(64,70)71)69(72,73)65-50(61-43(11)27-36(4)28-44(61)12)18-16-48-52-30-46(14-20-55(52)76(57)67(48)65)59-39(7)23-34(2)24-40(59)8/h13-31H,1-12H3. The molecule has 0 atom stereocenters. The van der Waals surface area contributed by atoms with Gasteiger partial charge in [0.25, 0.3) is 0 Å². The van der Waals surface area contributed by atoms with Crippen LogP contribution in [0, 0.1) is 94.4 Å². The van der Waals surface area contributed by atoms with Crippen molar-refractivity contribution in [2.24, 2.45) is 0 Å². The van der Waals surface area contributed by atoms with Crippen molar-refractivity contribution < 1.29 is 17.6 Å². The Morgan fingerprint density at radius 1 is 0.355 bits per heavy atom. The highest BCUT2D eigenvalue weighted by molar-refractivity contribution is 6.16. The molecule has 13 rings (SSSR count). The van der Waals surface area contributed by atoms with Crippen LogP contribution in [0.2, 0.25) is 0 Å². The highest BCUT2D eigenvalue weighted by atomic mass is 19.3. The van der Waals surface area contributed by atoms with Crippen molar-refractivity contribution in [2.45, 2.75) is 94.9 Å². The molecule has 0 saturated carbocycles. The third-order valence-electron chi connectivity index (χ3n) is 16.8. The topological polar surface area (TPSA) is 33.6 Å². The summed E-state index contributed by atoms with van der Waals surface area (Å²) in [6.07, 6.45) is 0. The van der Waals surface area contributed by atoms with E-state index < -0.39 is 28.5 Å². The molecule has 11 aromatic rings. The number of aryl methyl sites for hydroxylation is 12. The Bertz CT molecular complexity index is 4180. The average Bonchev–Trinajstić information content (AvgIpc) is 4.02. The molecule has 0 bridgehead atoms. The van der Waals surface area contributed by atoms with Crippen molar-refractivity contribution in [1.82, 2.24) is 9.13 Å². The van der Waals surface area contributed by atoms with Crippen molar-refractivity contribution in [3.63, 3.8) is 0 Å². The van der Waals surface area contributed by atoms with Crippen LogP contribution >= 0.6 is 0 Å². The van der Waals surface area contributed by atoms with Crippen LogP contribution < -0.4 is 0 Å². The maximum absolute atomic E-state index is 19.1. The Balaban J connectivity index is 1.20. The van der Waals surface area contributed by atoms with Crippen LogP contribution in [0.4, 0.5) is 17.6 Å². The summed E-state index contributed by atoms with van der Waals surface area (Å²) in [5, 5.41) is 14.4. The molecule has 0 unspecified atom stereocenters. The Morgan fingerprint density at radius 3 is 0.987 bits per heavy atom. The molecule has 0 spiro atoms. The molecule has 0 amide bonds. The fourth-order valence-corrected chi connectivity index (χ4v) is 14.6. The van der Waals surface area contributed by atoms with Crippen molar-refractivity contribution in [3.8, 4) is 62.0 Å². The fourth-order valence-electron chi connectivity index (χ4n) is 14.6. The van der Waals surface area contributed by atoms with Gasteiger partial charge in [-0.1, -0.05) is 107 Å². The summed E-state index contributed by atoms with van der Waals surface area (Å²) in [5.41, 5.74) is 16.8. The van der Waals surface area contributed by atoms with Gasteiger partial charge in [-0.2, -0.15) is 22.8 Å². The van der Waals surface area contributed by atoms with E-state index in [1.807, 2.05) is 111 Å². The zero-order valence-electron chi connectivity index (χ0n) is 44.8. The van der Waals surface area contributed by atoms with E-state index in [-0.39, 0.29) is 33.5 Å². The molecule has 0 fully saturated rings. The number of aromatic nitrogens is 2. The summed E-state index contributed by atoms with van der Waals surface area (Å²) < 4.78 is 80.1. The highest BCUT2D eigenvalue weighted by Gasteiger charge is 2.54. The quantitative estimate of drug-likeness (QED) is 0.162. The number of nitriles is 1. The lowest BCUT2D eigenvalue weighted by atomic mass is 9.78. The lowest BCUT2D eigenvalue weighted by molar-refractivity contribution is 0.0354. The first-order valence-electron chi connectivity index (χ1n) is 26.1. The van der Waals surface area contributed by atoms with E-state index in [4.69, 9.17) is 0 Å². The van der Waals surface area contributed by atoms with E-state index in [0.717, 1.165) is 99.8 Å². The molecule has 4 heterocycles. The normalized spacial score (nSPS) is 14.0. The first-order chi connectivity index (χ1) is 36.1. The zero-order valence-corrected chi connectivity index (χ0v) is 44.8. The largest absolute Gasteiger partial charge is 0.308 e. The van der Waals surface area contributed by atoms with Gasteiger partial charge in [0.2, 0.25) is 0 Å². The minimum atomic E-state index is -3.93. The zero-order chi connectivity index (χ0) is 53.5. The van der Waals surface area contributed by atoms with Gasteiger partial charge in [-0.25, -0.2) is 0 Å². The predicted octanol–water partition coefficient (Wildman–Crippen LogP) is 19.0. The van der Waals surface area contributed by atoms with Gasteiger partial charge in [-0.15, -0.1) is 0 Å². The van der Waals surface area contributed by atoms with Gasteiger partial charge in [-0.05, 0) is 202 Å². The number of halogens is 4. The molecule has 0 saturated heterocycles. The van der Waals surface area contributed by atoms with E-state index >= 15 is 17.6 Å². The smallest absolute Gasteiger partial charge is 0.304 e. The van der Waals surface area contributed by atoms with E-state index in [2.05, 4.69) is 84.0 Å². The molecule has 0 aliphatic carbocycles. The van der Waals surface area contributed by atoms with Crippen molar-refractivity contribution >= 4 is 43.6 Å². The van der Waals surface area contributed by atoms with E-state index in [1.165, 1.54) is 6.07 Å². The second-order valence-corrected chi connectivity index (χ2v) is 22.3. The predicted molar refractivity (Wildman–Crippen MR) is 304 cm³/mol. The lowest BCUT2D eigenvalue weighted by Gasteiger charge is -2.36. The van der Waals surface area contributed by atoms with Crippen LogP contribution in [-0.4, -0.2) is 9.13 Å². The Morgan fingerprint density at radius 2 is 0.671 bits per heavy atom. The maximum atomic E-state index is 19.1. The van der Waals surface area contributed by atoms with Gasteiger partial charge in [0.05, 0.1) is 61.3 Å². The second kappa shape index (κ2) is 15.9. The molecule has 9 aromatic carbocycles. The molecule has 0 N–H and O–H groups in total. The summed E-state index contributed by atoms with van der Waals surface area (Å²) in [5.74, 6) is -7.86. The summed E-state index contributed by atoms with van der Waals surface area (Å²) in [4.78, 5) is 0. The van der Waals surface area contributed by atoms with Crippen molar-refractivity contribution in [1.29, 1.82) is 5.26 Å². The molecule has 2 aliphatic heterocycles. The molecule has 2 aromatic heterocycles. The molecule has 2 aliphatic rings. The van der Waals surface area contributed by atoms with E-state index in [1.54, 1.807) is 12.1 Å². The van der Waals surface area contributed by atoms with Gasteiger partial charge in [0.15, 0.2) is 0 Å².